The average molecular weight is 392 g/mol. The molecule has 1 aromatic carbocycles. The van der Waals surface area contributed by atoms with Crippen molar-refractivity contribution in [2.45, 2.75) is 44.8 Å². The summed E-state index contributed by atoms with van der Waals surface area (Å²) in [5.74, 6) is -0.434. The maximum Gasteiger partial charge on any atom is 0.267 e. The normalized spacial score (nSPS) is 22.8. The Balaban J connectivity index is 1.76. The van der Waals surface area contributed by atoms with Gasteiger partial charge in [-0.2, -0.15) is 0 Å². The van der Waals surface area contributed by atoms with Crippen LogP contribution in [0.4, 0.5) is 4.39 Å². The first-order valence-corrected chi connectivity index (χ1v) is 9.91. The SMILES string of the molecule is CNC(=O)CN(CC1CCOC1C(C)C)C(=O)C1(Oc2ccccc2F)CC1. The number of nitrogens with zero attached hydrogens (tertiary/aromatic N) is 1. The molecule has 2 atom stereocenters. The third kappa shape index (κ3) is 4.46. The van der Waals surface area contributed by atoms with Crippen molar-refractivity contribution in [3.8, 4) is 5.75 Å². The second-order valence-corrected chi connectivity index (χ2v) is 8.01. The fraction of sp³-hybridized carbons (Fsp3) is 0.619. The number of likely N-dealkylation sites (N-methyl/N-ethyl adjacent to an activating group) is 1. The topological polar surface area (TPSA) is 67.9 Å². The molecule has 6 nitrogen and oxygen atoms in total. The van der Waals surface area contributed by atoms with Crippen LogP contribution in [-0.4, -0.2) is 55.2 Å². The van der Waals surface area contributed by atoms with Gasteiger partial charge in [0, 0.05) is 39.0 Å². The van der Waals surface area contributed by atoms with Gasteiger partial charge in [-0.15, -0.1) is 0 Å². The van der Waals surface area contributed by atoms with E-state index < -0.39 is 11.4 Å². The molecule has 154 valence electrons. The number of hydrogen-bond donors (Lipinski definition) is 1. The van der Waals surface area contributed by atoms with Crippen molar-refractivity contribution in [3.63, 3.8) is 0 Å². The Morgan fingerprint density at radius 2 is 2.07 bits per heavy atom. The number of amides is 2. The van der Waals surface area contributed by atoms with E-state index in [0.29, 0.717) is 31.9 Å². The number of nitrogens with one attached hydrogen (secondary N) is 1. The van der Waals surface area contributed by atoms with Crippen LogP contribution in [0.2, 0.25) is 0 Å². The second kappa shape index (κ2) is 8.47. The van der Waals surface area contributed by atoms with Crippen LogP contribution in [-0.2, 0) is 14.3 Å². The predicted molar refractivity (Wildman–Crippen MR) is 102 cm³/mol. The highest BCUT2D eigenvalue weighted by molar-refractivity contribution is 5.92. The van der Waals surface area contributed by atoms with Gasteiger partial charge in [0.1, 0.15) is 0 Å². The van der Waals surface area contributed by atoms with Gasteiger partial charge in [0.2, 0.25) is 5.91 Å². The van der Waals surface area contributed by atoms with E-state index in [9.17, 15) is 14.0 Å². The molecule has 2 amide bonds. The Kier molecular flexibility index (Phi) is 6.23. The lowest BCUT2D eigenvalue weighted by Crippen LogP contribution is -2.50. The molecule has 2 unspecified atom stereocenters. The van der Waals surface area contributed by atoms with E-state index >= 15 is 0 Å². The Hall–Kier alpha value is -2.15. The summed E-state index contributed by atoms with van der Waals surface area (Å²) in [5.41, 5.74) is -1.08. The minimum Gasteiger partial charge on any atom is -0.474 e. The molecule has 1 aliphatic heterocycles. The molecule has 1 N–H and O–H groups in total. The van der Waals surface area contributed by atoms with E-state index in [2.05, 4.69) is 19.2 Å². The van der Waals surface area contributed by atoms with Crippen LogP contribution in [0.15, 0.2) is 24.3 Å². The number of benzene rings is 1. The lowest BCUT2D eigenvalue weighted by Gasteiger charge is -2.31. The maximum absolute atomic E-state index is 14.0. The molecule has 1 aromatic rings. The molecular formula is C21H29FN2O4. The highest BCUT2D eigenvalue weighted by atomic mass is 19.1. The molecule has 2 aliphatic rings. The lowest BCUT2D eigenvalue weighted by molar-refractivity contribution is -0.144. The molecule has 1 aliphatic carbocycles. The number of para-hydroxylation sites is 1. The summed E-state index contributed by atoms with van der Waals surface area (Å²) in [4.78, 5) is 26.9. The Morgan fingerprint density at radius 1 is 1.36 bits per heavy atom. The van der Waals surface area contributed by atoms with Crippen molar-refractivity contribution in [1.82, 2.24) is 10.2 Å². The van der Waals surface area contributed by atoms with Gasteiger partial charge in [-0.25, -0.2) is 4.39 Å². The quantitative estimate of drug-likeness (QED) is 0.738. The summed E-state index contributed by atoms with van der Waals surface area (Å²) in [6, 6.07) is 6.07. The molecule has 0 radical (unpaired) electrons. The molecule has 0 spiro atoms. The fourth-order valence-corrected chi connectivity index (χ4v) is 3.84. The number of rotatable bonds is 8. The fourth-order valence-electron chi connectivity index (χ4n) is 3.84. The largest absolute Gasteiger partial charge is 0.474 e. The zero-order chi connectivity index (χ0) is 20.3. The van der Waals surface area contributed by atoms with Crippen LogP contribution in [0.1, 0.15) is 33.1 Å². The van der Waals surface area contributed by atoms with E-state index in [1.807, 2.05) is 0 Å². The van der Waals surface area contributed by atoms with Gasteiger partial charge >= 0.3 is 0 Å². The second-order valence-electron chi connectivity index (χ2n) is 8.01. The van der Waals surface area contributed by atoms with Crippen molar-refractivity contribution >= 4 is 11.8 Å². The maximum atomic E-state index is 14.0. The predicted octanol–water partition coefficient (Wildman–Crippen LogP) is 2.37. The first-order valence-electron chi connectivity index (χ1n) is 9.91. The van der Waals surface area contributed by atoms with E-state index in [0.717, 1.165) is 6.42 Å². The van der Waals surface area contributed by atoms with Crippen molar-refractivity contribution in [2.75, 3.05) is 26.7 Å². The number of ether oxygens (including phenoxy) is 2. The Morgan fingerprint density at radius 3 is 2.68 bits per heavy atom. The number of halogens is 1. The standard InChI is InChI=1S/C21H29FN2O4/c1-14(2)19-15(8-11-27-19)12-24(13-18(25)23-3)20(26)21(9-10-21)28-17-7-5-4-6-16(17)22/h4-7,14-15,19H,8-13H2,1-3H3,(H,23,25). The van der Waals surface area contributed by atoms with Crippen molar-refractivity contribution < 1.29 is 23.5 Å². The van der Waals surface area contributed by atoms with Gasteiger partial charge in [0.05, 0.1) is 12.6 Å². The zero-order valence-electron chi connectivity index (χ0n) is 16.7. The van der Waals surface area contributed by atoms with Crippen molar-refractivity contribution in [2.24, 2.45) is 11.8 Å². The summed E-state index contributed by atoms with van der Waals surface area (Å²) >= 11 is 0. The summed E-state index contributed by atoms with van der Waals surface area (Å²) < 4.78 is 25.7. The van der Waals surface area contributed by atoms with Gasteiger partial charge in [0.15, 0.2) is 17.2 Å². The minimum atomic E-state index is -1.08. The molecule has 1 saturated carbocycles. The molecule has 3 rings (SSSR count). The van der Waals surface area contributed by atoms with Crippen LogP contribution in [0, 0.1) is 17.7 Å². The molecule has 0 aromatic heterocycles. The first-order chi connectivity index (χ1) is 13.4. The number of carbonyl (C=O) groups is 2. The molecule has 1 saturated heterocycles. The van der Waals surface area contributed by atoms with Crippen LogP contribution < -0.4 is 10.1 Å². The van der Waals surface area contributed by atoms with Gasteiger partial charge in [-0.1, -0.05) is 26.0 Å². The van der Waals surface area contributed by atoms with E-state index in [-0.39, 0.29) is 36.1 Å². The summed E-state index contributed by atoms with van der Waals surface area (Å²) in [6.45, 7) is 5.23. The third-order valence-corrected chi connectivity index (χ3v) is 5.51. The van der Waals surface area contributed by atoms with Gasteiger partial charge < -0.3 is 19.7 Å². The summed E-state index contributed by atoms with van der Waals surface area (Å²) in [7, 11) is 1.54. The van der Waals surface area contributed by atoms with Gasteiger partial charge in [0.25, 0.3) is 5.91 Å². The molecular weight excluding hydrogens is 363 g/mol. The lowest BCUT2D eigenvalue weighted by atomic mass is 9.92. The van der Waals surface area contributed by atoms with Crippen LogP contribution in [0.5, 0.6) is 5.75 Å². The summed E-state index contributed by atoms with van der Waals surface area (Å²) in [5, 5.41) is 2.57. The van der Waals surface area contributed by atoms with Crippen LogP contribution in [0.25, 0.3) is 0 Å². The molecule has 2 fully saturated rings. The zero-order valence-corrected chi connectivity index (χ0v) is 16.7. The molecule has 28 heavy (non-hydrogen) atoms. The Labute approximate surface area is 165 Å². The molecule has 1 heterocycles. The average Bonchev–Trinajstić information content (AvgIpc) is 3.30. The highest BCUT2D eigenvalue weighted by Gasteiger charge is 2.55. The Bertz CT molecular complexity index is 720. The molecule has 7 heteroatoms. The van der Waals surface area contributed by atoms with Crippen molar-refractivity contribution in [1.29, 1.82) is 0 Å². The van der Waals surface area contributed by atoms with Crippen LogP contribution >= 0.6 is 0 Å². The van der Waals surface area contributed by atoms with E-state index in [1.165, 1.54) is 12.1 Å². The van der Waals surface area contributed by atoms with E-state index in [1.54, 1.807) is 24.1 Å². The molecule has 0 bridgehead atoms. The monoisotopic (exact) mass is 392 g/mol. The van der Waals surface area contributed by atoms with Gasteiger partial charge in [-0.3, -0.25) is 9.59 Å². The number of carbonyl (C=O) groups excluding carboxylic acids is 2. The summed E-state index contributed by atoms with van der Waals surface area (Å²) in [6.07, 6.45) is 1.93. The number of hydrogen-bond acceptors (Lipinski definition) is 4. The van der Waals surface area contributed by atoms with Gasteiger partial charge in [-0.05, 0) is 24.5 Å². The van der Waals surface area contributed by atoms with Crippen LogP contribution in [0.3, 0.4) is 0 Å². The smallest absolute Gasteiger partial charge is 0.267 e. The third-order valence-electron chi connectivity index (χ3n) is 5.51. The first kappa shape index (κ1) is 20.6. The van der Waals surface area contributed by atoms with Crippen molar-refractivity contribution in [3.05, 3.63) is 30.1 Å². The highest BCUT2D eigenvalue weighted by Crippen LogP contribution is 2.43. The minimum absolute atomic E-state index is 0.0426. The van der Waals surface area contributed by atoms with E-state index in [4.69, 9.17) is 9.47 Å².